The van der Waals surface area contributed by atoms with Crippen LogP contribution in [0.4, 0.5) is 5.82 Å². The van der Waals surface area contributed by atoms with Crippen LogP contribution in [0.3, 0.4) is 0 Å². The van der Waals surface area contributed by atoms with Gasteiger partial charge >= 0.3 is 0 Å². The van der Waals surface area contributed by atoms with Gasteiger partial charge < -0.3 is 10.3 Å². The molecule has 1 aromatic rings. The molecule has 0 aliphatic rings. The number of halogens is 2. The second kappa shape index (κ2) is 5.19. The number of nitrogens with zero attached hydrogens (tertiary/aromatic N) is 3. The molecule has 2 N–H and O–H groups in total. The van der Waals surface area contributed by atoms with E-state index in [1.165, 1.54) is 0 Å². The van der Waals surface area contributed by atoms with Gasteiger partial charge in [-0.25, -0.2) is 9.98 Å². The van der Waals surface area contributed by atoms with Crippen LogP contribution in [-0.4, -0.2) is 14.7 Å². The first-order valence-electron chi connectivity index (χ1n) is 4.45. The van der Waals surface area contributed by atoms with Crippen molar-refractivity contribution >= 4 is 34.2 Å². The summed E-state index contributed by atoms with van der Waals surface area (Å²) in [7, 11) is 0. The summed E-state index contributed by atoms with van der Waals surface area (Å²) >= 11 is 11.4. The number of nitrogen functional groups attached to an aromatic ring is 1. The van der Waals surface area contributed by atoms with E-state index < -0.39 is 0 Å². The molecular weight excluding hydrogens is 235 g/mol. The fourth-order valence-corrected chi connectivity index (χ4v) is 1.50. The number of hydrogen-bond acceptors (Lipinski definition) is 3. The normalized spacial score (nSPS) is 11.8. The van der Waals surface area contributed by atoms with Crippen molar-refractivity contribution in [2.45, 2.75) is 19.9 Å². The van der Waals surface area contributed by atoms with Crippen molar-refractivity contribution < 1.29 is 0 Å². The van der Waals surface area contributed by atoms with Crippen molar-refractivity contribution in [3.63, 3.8) is 0 Å². The zero-order chi connectivity index (χ0) is 11.4. The summed E-state index contributed by atoms with van der Waals surface area (Å²) in [6.45, 7) is 6.26. The quantitative estimate of drug-likeness (QED) is 0.656. The van der Waals surface area contributed by atoms with Gasteiger partial charge in [0.05, 0.1) is 6.33 Å². The summed E-state index contributed by atoms with van der Waals surface area (Å²) < 4.78 is 1.81. The number of aryl methyl sites for hydroxylation is 1. The highest BCUT2D eigenvalue weighted by atomic mass is 35.5. The van der Waals surface area contributed by atoms with Crippen molar-refractivity contribution in [2.75, 3.05) is 5.73 Å². The number of imidazole rings is 1. The lowest BCUT2D eigenvalue weighted by Gasteiger charge is -2.02. The minimum absolute atomic E-state index is 0.101. The first-order chi connectivity index (χ1) is 7.06. The van der Waals surface area contributed by atoms with Gasteiger partial charge in [0.2, 0.25) is 0 Å². The van der Waals surface area contributed by atoms with Crippen molar-refractivity contribution in [3.8, 4) is 0 Å². The third-order valence-electron chi connectivity index (χ3n) is 1.76. The SMILES string of the molecule is C=C(Cl)N=C(Cl)c1ncn(CCC)c1N. The Morgan fingerprint density at radius 3 is 2.87 bits per heavy atom. The molecule has 0 bridgehead atoms. The lowest BCUT2D eigenvalue weighted by Crippen LogP contribution is -2.04. The second-order valence-electron chi connectivity index (χ2n) is 2.95. The summed E-state index contributed by atoms with van der Waals surface area (Å²) in [5.41, 5.74) is 6.27. The predicted molar refractivity (Wildman–Crippen MR) is 64.3 cm³/mol. The summed E-state index contributed by atoms with van der Waals surface area (Å²) in [5, 5.41) is 0.256. The van der Waals surface area contributed by atoms with Crippen LogP contribution in [0.2, 0.25) is 0 Å². The fourth-order valence-electron chi connectivity index (χ4n) is 1.13. The third kappa shape index (κ3) is 2.97. The molecule has 0 spiro atoms. The molecule has 0 aliphatic heterocycles. The van der Waals surface area contributed by atoms with E-state index in [1.54, 1.807) is 6.33 Å². The van der Waals surface area contributed by atoms with E-state index in [1.807, 2.05) is 4.57 Å². The van der Waals surface area contributed by atoms with Gasteiger partial charge in [-0.1, -0.05) is 36.7 Å². The van der Waals surface area contributed by atoms with Crippen LogP contribution < -0.4 is 5.73 Å². The number of hydrogen-bond donors (Lipinski definition) is 1. The summed E-state index contributed by atoms with van der Waals surface area (Å²) in [6, 6.07) is 0. The standard InChI is InChI=1S/C9H12Cl2N4/c1-3-4-15-5-13-7(9(15)12)8(11)14-6(2)10/h5H,2-4,12H2,1H3. The lowest BCUT2D eigenvalue weighted by atomic mass is 10.4. The Labute approximate surface area is 98.4 Å². The van der Waals surface area contributed by atoms with Crippen LogP contribution >= 0.6 is 23.2 Å². The minimum Gasteiger partial charge on any atom is -0.383 e. The van der Waals surface area contributed by atoms with Gasteiger partial charge in [0.25, 0.3) is 0 Å². The molecule has 82 valence electrons. The monoisotopic (exact) mass is 246 g/mol. The van der Waals surface area contributed by atoms with Gasteiger partial charge in [-0.3, -0.25) is 0 Å². The number of aliphatic imine (C=N–C) groups is 1. The first kappa shape index (κ1) is 12.1. The van der Waals surface area contributed by atoms with Crippen molar-refractivity contribution in [1.29, 1.82) is 0 Å². The van der Waals surface area contributed by atoms with E-state index in [0.717, 1.165) is 13.0 Å². The average molecular weight is 247 g/mol. The average Bonchev–Trinajstić information content (AvgIpc) is 2.48. The van der Waals surface area contributed by atoms with E-state index in [0.29, 0.717) is 11.5 Å². The molecule has 1 aromatic heterocycles. The highest BCUT2D eigenvalue weighted by Crippen LogP contribution is 2.15. The van der Waals surface area contributed by atoms with E-state index in [9.17, 15) is 0 Å². The Hall–Kier alpha value is -1.00. The van der Waals surface area contributed by atoms with Gasteiger partial charge in [0.15, 0.2) is 5.17 Å². The molecule has 4 nitrogen and oxygen atoms in total. The van der Waals surface area contributed by atoms with Gasteiger partial charge in [0, 0.05) is 6.54 Å². The van der Waals surface area contributed by atoms with Crippen molar-refractivity contribution in [2.24, 2.45) is 4.99 Å². The van der Waals surface area contributed by atoms with Crippen LogP contribution in [0.25, 0.3) is 0 Å². The molecule has 1 heterocycles. The fraction of sp³-hybridized carbons (Fsp3) is 0.333. The first-order valence-corrected chi connectivity index (χ1v) is 5.21. The Kier molecular flexibility index (Phi) is 4.17. The maximum atomic E-state index is 5.87. The number of aromatic nitrogens is 2. The minimum atomic E-state index is 0.101. The highest BCUT2D eigenvalue weighted by molar-refractivity contribution is 6.70. The van der Waals surface area contributed by atoms with Crippen molar-refractivity contribution in [3.05, 3.63) is 23.8 Å². The summed E-state index contributed by atoms with van der Waals surface area (Å²) in [4.78, 5) is 7.84. The van der Waals surface area contributed by atoms with Gasteiger partial charge in [-0.15, -0.1) is 0 Å². The molecule has 0 atom stereocenters. The molecule has 0 radical (unpaired) electrons. The van der Waals surface area contributed by atoms with E-state index in [4.69, 9.17) is 28.9 Å². The van der Waals surface area contributed by atoms with Crippen LogP contribution in [0.5, 0.6) is 0 Å². The molecule has 0 aliphatic carbocycles. The zero-order valence-corrected chi connectivity index (χ0v) is 9.89. The molecule has 0 unspecified atom stereocenters. The third-order valence-corrected chi connectivity index (χ3v) is 2.11. The van der Waals surface area contributed by atoms with Crippen LogP contribution in [0.1, 0.15) is 19.0 Å². The van der Waals surface area contributed by atoms with Crippen LogP contribution in [0.15, 0.2) is 23.1 Å². The largest absolute Gasteiger partial charge is 0.383 e. The van der Waals surface area contributed by atoms with Gasteiger partial charge in [-0.2, -0.15) is 0 Å². The molecule has 0 amide bonds. The molecular formula is C9H12Cl2N4. The summed E-state index contributed by atoms with van der Waals surface area (Å²) in [6.07, 6.45) is 2.60. The summed E-state index contributed by atoms with van der Waals surface area (Å²) in [5.74, 6) is 0.489. The van der Waals surface area contributed by atoms with Crippen LogP contribution in [-0.2, 0) is 6.54 Å². The zero-order valence-electron chi connectivity index (χ0n) is 8.37. The van der Waals surface area contributed by atoms with Gasteiger partial charge in [0.1, 0.15) is 16.7 Å². The number of rotatable bonds is 4. The molecule has 15 heavy (non-hydrogen) atoms. The Balaban J connectivity index is 3.01. The molecule has 1 rings (SSSR count). The molecule has 0 saturated carbocycles. The Morgan fingerprint density at radius 2 is 2.33 bits per heavy atom. The Bertz CT molecular complexity index is 395. The topological polar surface area (TPSA) is 56.2 Å². The molecule has 0 aromatic carbocycles. The predicted octanol–water partition coefficient (Wildman–Crippen LogP) is 2.57. The van der Waals surface area contributed by atoms with E-state index in [-0.39, 0.29) is 10.3 Å². The Morgan fingerprint density at radius 1 is 1.67 bits per heavy atom. The molecule has 0 fully saturated rings. The van der Waals surface area contributed by atoms with Gasteiger partial charge in [-0.05, 0) is 6.42 Å². The number of nitrogens with two attached hydrogens (primary N) is 1. The van der Waals surface area contributed by atoms with Crippen LogP contribution in [0, 0.1) is 0 Å². The molecule has 0 saturated heterocycles. The molecule has 6 heteroatoms. The van der Waals surface area contributed by atoms with Crippen molar-refractivity contribution in [1.82, 2.24) is 9.55 Å². The highest BCUT2D eigenvalue weighted by Gasteiger charge is 2.11. The van der Waals surface area contributed by atoms with E-state index >= 15 is 0 Å². The maximum absolute atomic E-state index is 5.87. The lowest BCUT2D eigenvalue weighted by molar-refractivity contribution is 0.686. The second-order valence-corrected chi connectivity index (χ2v) is 3.74. The van der Waals surface area contributed by atoms with E-state index in [2.05, 4.69) is 23.5 Å². The maximum Gasteiger partial charge on any atom is 0.160 e. The number of anilines is 1. The smallest absolute Gasteiger partial charge is 0.160 e.